The molecular weight excluding hydrogens is 448 g/mol. The van der Waals surface area contributed by atoms with Crippen LogP contribution in [0.3, 0.4) is 0 Å². The molecule has 2 aliphatic heterocycles. The molecule has 1 aromatic rings. The van der Waals surface area contributed by atoms with Crippen molar-refractivity contribution < 1.29 is 19.1 Å². The summed E-state index contributed by atoms with van der Waals surface area (Å²) in [6.45, 7) is 15.7. The second kappa shape index (κ2) is 9.79. The third kappa shape index (κ3) is 7.25. The first-order valence-corrected chi connectivity index (χ1v) is 11.7. The highest BCUT2D eigenvalue weighted by molar-refractivity contribution is 6.29. The molecule has 3 rings (SSSR count). The lowest BCUT2D eigenvalue weighted by atomic mass is 10.2. The Labute approximate surface area is 200 Å². The SMILES string of the molecule is CC(C)(C)OC(=O)N1CCN(c2cc(Cl)nc(N3CCN(C(=O)OC(C)(C)C)CC3)n2)CC1. The van der Waals surface area contributed by atoms with E-state index in [1.165, 1.54) is 0 Å². The largest absolute Gasteiger partial charge is 0.444 e. The number of aromatic nitrogens is 2. The Balaban J connectivity index is 1.59. The topological polar surface area (TPSA) is 91.3 Å². The molecule has 0 unspecified atom stereocenters. The fourth-order valence-corrected chi connectivity index (χ4v) is 3.73. The monoisotopic (exact) mass is 482 g/mol. The zero-order valence-corrected chi connectivity index (χ0v) is 21.2. The molecule has 0 atom stereocenters. The Bertz CT molecular complexity index is 787. The molecule has 0 saturated carbocycles. The normalized spacial score (nSPS) is 17.8. The van der Waals surface area contributed by atoms with Crippen molar-refractivity contribution in [3.8, 4) is 0 Å². The quantitative estimate of drug-likeness (QED) is 0.593. The number of ether oxygens (including phenoxy) is 2. The van der Waals surface area contributed by atoms with Crippen molar-refractivity contribution in [3.63, 3.8) is 0 Å². The Kier molecular flexibility index (Phi) is 7.45. The number of piperazine rings is 2. The van der Waals surface area contributed by atoms with E-state index in [1.807, 2.05) is 46.4 Å². The summed E-state index contributed by atoms with van der Waals surface area (Å²) >= 11 is 6.32. The molecule has 10 nitrogen and oxygen atoms in total. The predicted octanol–water partition coefficient (Wildman–Crippen LogP) is 3.24. The number of nitrogens with zero attached hydrogens (tertiary/aromatic N) is 6. The molecule has 0 N–H and O–H groups in total. The van der Waals surface area contributed by atoms with Crippen LogP contribution in [0.5, 0.6) is 0 Å². The molecule has 0 bridgehead atoms. The van der Waals surface area contributed by atoms with Gasteiger partial charge in [-0.2, -0.15) is 4.98 Å². The lowest BCUT2D eigenvalue weighted by Gasteiger charge is -2.37. The standard InChI is InChI=1S/C22H35ClN6O4/c1-21(2,3)32-19(30)28-11-7-26(8-12-28)17-15-16(23)24-18(25-17)27-9-13-29(14-10-27)20(31)33-22(4,5)6/h15H,7-14H2,1-6H3. The zero-order valence-electron chi connectivity index (χ0n) is 20.4. The zero-order chi connectivity index (χ0) is 24.4. The first-order chi connectivity index (χ1) is 15.3. The van der Waals surface area contributed by atoms with E-state index < -0.39 is 11.2 Å². The van der Waals surface area contributed by atoms with Crippen LogP contribution in [0.25, 0.3) is 0 Å². The highest BCUT2D eigenvalue weighted by Gasteiger charge is 2.29. The first-order valence-electron chi connectivity index (χ1n) is 11.3. The van der Waals surface area contributed by atoms with Crippen LogP contribution in [0.2, 0.25) is 5.15 Å². The molecule has 0 aromatic carbocycles. The van der Waals surface area contributed by atoms with Crippen LogP contribution in [-0.2, 0) is 9.47 Å². The molecule has 0 aliphatic carbocycles. The van der Waals surface area contributed by atoms with Gasteiger partial charge in [-0.15, -0.1) is 0 Å². The van der Waals surface area contributed by atoms with Crippen molar-refractivity contribution in [2.75, 3.05) is 62.2 Å². The molecule has 2 fully saturated rings. The number of halogens is 1. The molecule has 2 amide bonds. The number of rotatable bonds is 2. The summed E-state index contributed by atoms with van der Waals surface area (Å²) in [5.74, 6) is 1.26. The van der Waals surface area contributed by atoms with Crippen LogP contribution in [0.4, 0.5) is 21.4 Å². The van der Waals surface area contributed by atoms with Gasteiger partial charge >= 0.3 is 12.2 Å². The molecule has 3 heterocycles. The van der Waals surface area contributed by atoms with Gasteiger partial charge in [-0.25, -0.2) is 14.6 Å². The summed E-state index contributed by atoms with van der Waals surface area (Å²) in [4.78, 5) is 41.3. The Morgan fingerprint density at radius 2 is 1.18 bits per heavy atom. The van der Waals surface area contributed by atoms with E-state index in [1.54, 1.807) is 15.9 Å². The van der Waals surface area contributed by atoms with E-state index in [-0.39, 0.29) is 12.2 Å². The number of carbonyl (C=O) groups excluding carboxylic acids is 2. The smallest absolute Gasteiger partial charge is 0.410 e. The summed E-state index contributed by atoms with van der Waals surface area (Å²) in [6.07, 6.45) is -0.607. The minimum atomic E-state index is -0.521. The number of amides is 2. The summed E-state index contributed by atoms with van der Waals surface area (Å²) in [5, 5.41) is 0.360. The second-order valence-electron chi connectivity index (χ2n) is 10.3. The number of carbonyl (C=O) groups is 2. The van der Waals surface area contributed by atoms with Gasteiger partial charge < -0.3 is 29.1 Å². The second-order valence-corrected chi connectivity index (χ2v) is 10.6. The lowest BCUT2D eigenvalue weighted by molar-refractivity contribution is 0.0230. The lowest BCUT2D eigenvalue weighted by Crippen LogP contribution is -2.51. The number of hydrogen-bond acceptors (Lipinski definition) is 8. The molecule has 184 valence electrons. The maximum Gasteiger partial charge on any atom is 0.410 e. The molecule has 0 spiro atoms. The van der Waals surface area contributed by atoms with Gasteiger partial charge in [0.25, 0.3) is 0 Å². The minimum absolute atomic E-state index is 0.300. The average molecular weight is 483 g/mol. The first kappa shape index (κ1) is 25.1. The summed E-state index contributed by atoms with van der Waals surface area (Å²) in [6, 6.07) is 1.74. The van der Waals surface area contributed by atoms with Crippen LogP contribution in [-0.4, -0.2) is 95.5 Å². The average Bonchev–Trinajstić information content (AvgIpc) is 2.71. The molecule has 1 aromatic heterocycles. The number of hydrogen-bond donors (Lipinski definition) is 0. The van der Waals surface area contributed by atoms with E-state index in [4.69, 9.17) is 26.1 Å². The predicted molar refractivity (Wildman–Crippen MR) is 127 cm³/mol. The molecular formula is C22H35ClN6O4. The summed E-state index contributed by atoms with van der Waals surface area (Å²) in [7, 11) is 0. The van der Waals surface area contributed by atoms with E-state index in [0.29, 0.717) is 63.5 Å². The van der Waals surface area contributed by atoms with Crippen LogP contribution in [0, 0.1) is 0 Å². The minimum Gasteiger partial charge on any atom is -0.444 e. The van der Waals surface area contributed by atoms with Gasteiger partial charge in [-0.1, -0.05) is 11.6 Å². The number of anilines is 2. The highest BCUT2D eigenvalue weighted by atomic mass is 35.5. The van der Waals surface area contributed by atoms with E-state index in [9.17, 15) is 9.59 Å². The van der Waals surface area contributed by atoms with Crippen molar-refractivity contribution in [2.45, 2.75) is 52.7 Å². The Morgan fingerprint density at radius 3 is 1.61 bits per heavy atom. The van der Waals surface area contributed by atoms with Crippen molar-refractivity contribution in [3.05, 3.63) is 11.2 Å². The van der Waals surface area contributed by atoms with E-state index in [2.05, 4.69) is 9.88 Å². The highest BCUT2D eigenvalue weighted by Crippen LogP contribution is 2.23. The van der Waals surface area contributed by atoms with Crippen LogP contribution in [0.15, 0.2) is 6.07 Å². The van der Waals surface area contributed by atoms with Gasteiger partial charge in [-0.3, -0.25) is 0 Å². The molecule has 2 saturated heterocycles. The Morgan fingerprint density at radius 1 is 0.758 bits per heavy atom. The third-order valence-electron chi connectivity index (χ3n) is 5.14. The van der Waals surface area contributed by atoms with Crippen molar-refractivity contribution >= 4 is 35.6 Å². The van der Waals surface area contributed by atoms with Gasteiger partial charge in [0.05, 0.1) is 0 Å². The van der Waals surface area contributed by atoms with Gasteiger partial charge in [0.15, 0.2) is 0 Å². The van der Waals surface area contributed by atoms with Crippen LogP contribution >= 0.6 is 11.6 Å². The fraction of sp³-hybridized carbons (Fsp3) is 0.727. The van der Waals surface area contributed by atoms with Crippen LogP contribution in [0.1, 0.15) is 41.5 Å². The van der Waals surface area contributed by atoms with Crippen molar-refractivity contribution in [1.29, 1.82) is 0 Å². The van der Waals surface area contributed by atoms with E-state index >= 15 is 0 Å². The van der Waals surface area contributed by atoms with Crippen LogP contribution < -0.4 is 9.80 Å². The molecule has 0 radical (unpaired) electrons. The fourth-order valence-electron chi connectivity index (χ4n) is 3.56. The van der Waals surface area contributed by atoms with Crippen molar-refractivity contribution in [1.82, 2.24) is 19.8 Å². The van der Waals surface area contributed by atoms with Crippen molar-refractivity contribution in [2.24, 2.45) is 0 Å². The summed E-state index contributed by atoms with van der Waals surface area (Å²) in [5.41, 5.74) is -1.04. The van der Waals surface area contributed by atoms with Gasteiger partial charge in [0.1, 0.15) is 22.2 Å². The molecule has 11 heteroatoms. The maximum atomic E-state index is 12.3. The summed E-state index contributed by atoms with van der Waals surface area (Å²) < 4.78 is 10.9. The Hall–Kier alpha value is -2.49. The molecule has 2 aliphatic rings. The molecule has 33 heavy (non-hydrogen) atoms. The van der Waals surface area contributed by atoms with E-state index in [0.717, 1.165) is 5.82 Å². The third-order valence-corrected chi connectivity index (χ3v) is 5.33. The van der Waals surface area contributed by atoms with Gasteiger partial charge in [0, 0.05) is 58.4 Å². The maximum absolute atomic E-state index is 12.3. The van der Waals surface area contributed by atoms with Gasteiger partial charge in [-0.05, 0) is 41.5 Å². The van der Waals surface area contributed by atoms with Gasteiger partial charge in [0.2, 0.25) is 5.95 Å².